The molecule has 1 aromatic rings. The van der Waals surface area contributed by atoms with Crippen LogP contribution in [0.15, 0.2) is 12.3 Å². The van der Waals surface area contributed by atoms with E-state index in [1.54, 1.807) is 25.1 Å². The largest absolute Gasteiger partial charge is 0.463 e. The van der Waals surface area contributed by atoms with Gasteiger partial charge in [-0.05, 0) is 25.5 Å². The van der Waals surface area contributed by atoms with Gasteiger partial charge in [-0.1, -0.05) is 0 Å². The molecule has 0 spiro atoms. The predicted octanol–water partition coefficient (Wildman–Crippen LogP) is 1.13. The highest BCUT2D eigenvalue weighted by molar-refractivity contribution is 5.98. The maximum Gasteiger partial charge on any atom is 0.267 e. The van der Waals surface area contributed by atoms with Crippen molar-refractivity contribution in [3.8, 4) is 5.88 Å². The van der Waals surface area contributed by atoms with Gasteiger partial charge in [0.1, 0.15) is 5.69 Å². The van der Waals surface area contributed by atoms with Crippen molar-refractivity contribution in [2.45, 2.75) is 20.0 Å². The standard InChI is InChI=1S/C10H12N2O2/c1-6-4-8-9(11-5-6)14-7(2)10(13)12(8)3/h4-5,7H,1-3H3. The number of hydrogen-bond donors (Lipinski definition) is 0. The van der Waals surface area contributed by atoms with Crippen molar-refractivity contribution in [2.24, 2.45) is 0 Å². The number of hydrogen-bond acceptors (Lipinski definition) is 3. The van der Waals surface area contributed by atoms with E-state index < -0.39 is 6.10 Å². The molecule has 1 aromatic heterocycles. The average Bonchev–Trinajstić information content (AvgIpc) is 2.16. The number of carbonyl (C=O) groups is 1. The van der Waals surface area contributed by atoms with Crippen LogP contribution in [0.3, 0.4) is 0 Å². The number of ether oxygens (including phenoxy) is 1. The van der Waals surface area contributed by atoms with E-state index in [1.165, 1.54) is 0 Å². The Morgan fingerprint density at radius 3 is 3.00 bits per heavy atom. The molecule has 1 atom stereocenters. The van der Waals surface area contributed by atoms with Gasteiger partial charge in [0, 0.05) is 13.2 Å². The highest BCUT2D eigenvalue weighted by atomic mass is 16.5. The summed E-state index contributed by atoms with van der Waals surface area (Å²) in [6.07, 6.45) is 1.29. The summed E-state index contributed by atoms with van der Waals surface area (Å²) in [5.74, 6) is 0.495. The Bertz CT molecular complexity index is 390. The van der Waals surface area contributed by atoms with Crippen molar-refractivity contribution in [3.63, 3.8) is 0 Å². The fourth-order valence-electron chi connectivity index (χ4n) is 1.48. The van der Waals surface area contributed by atoms with Crippen LogP contribution in [0.2, 0.25) is 0 Å². The number of aromatic nitrogens is 1. The summed E-state index contributed by atoms with van der Waals surface area (Å²) < 4.78 is 5.37. The summed E-state index contributed by atoms with van der Waals surface area (Å²) in [5.41, 5.74) is 1.76. The monoisotopic (exact) mass is 192 g/mol. The van der Waals surface area contributed by atoms with Gasteiger partial charge in [0.15, 0.2) is 6.10 Å². The van der Waals surface area contributed by atoms with E-state index in [1.807, 2.05) is 13.0 Å². The quantitative estimate of drug-likeness (QED) is 0.619. The molecule has 1 unspecified atom stereocenters. The number of aryl methyl sites for hydroxylation is 1. The fourth-order valence-corrected chi connectivity index (χ4v) is 1.48. The number of rotatable bonds is 0. The van der Waals surface area contributed by atoms with Crippen LogP contribution in [0, 0.1) is 6.92 Å². The minimum atomic E-state index is -0.442. The summed E-state index contributed by atoms with van der Waals surface area (Å²) in [6.45, 7) is 3.66. The number of anilines is 1. The van der Waals surface area contributed by atoms with E-state index in [0.717, 1.165) is 11.3 Å². The van der Waals surface area contributed by atoms with Crippen LogP contribution in [0.4, 0.5) is 5.69 Å². The summed E-state index contributed by atoms with van der Waals surface area (Å²) in [4.78, 5) is 17.3. The fraction of sp³-hybridized carbons (Fsp3) is 0.400. The Labute approximate surface area is 82.5 Å². The maximum absolute atomic E-state index is 11.6. The van der Waals surface area contributed by atoms with Crippen molar-refractivity contribution in [1.29, 1.82) is 0 Å². The zero-order chi connectivity index (χ0) is 10.3. The lowest BCUT2D eigenvalue weighted by Gasteiger charge is -2.29. The van der Waals surface area contributed by atoms with E-state index in [0.29, 0.717) is 5.88 Å². The maximum atomic E-state index is 11.6. The second-order valence-electron chi connectivity index (χ2n) is 3.49. The lowest BCUT2D eigenvalue weighted by atomic mass is 10.2. The van der Waals surface area contributed by atoms with Gasteiger partial charge in [0.05, 0.1) is 0 Å². The molecule has 0 saturated carbocycles. The SMILES string of the molecule is Cc1cnc2c(c1)N(C)C(=O)C(C)O2. The van der Waals surface area contributed by atoms with Crippen molar-refractivity contribution in [3.05, 3.63) is 17.8 Å². The molecule has 0 aliphatic carbocycles. The highest BCUT2D eigenvalue weighted by Crippen LogP contribution is 2.31. The van der Waals surface area contributed by atoms with Gasteiger partial charge in [-0.25, -0.2) is 4.98 Å². The van der Waals surface area contributed by atoms with Crippen LogP contribution in [-0.4, -0.2) is 24.0 Å². The normalized spacial score (nSPS) is 20.4. The van der Waals surface area contributed by atoms with Crippen LogP contribution >= 0.6 is 0 Å². The molecule has 0 bridgehead atoms. The molecule has 4 heteroatoms. The van der Waals surface area contributed by atoms with Crippen molar-refractivity contribution >= 4 is 11.6 Å². The lowest BCUT2D eigenvalue weighted by molar-refractivity contribution is -0.125. The molecule has 0 aromatic carbocycles. The van der Waals surface area contributed by atoms with E-state index in [9.17, 15) is 4.79 Å². The van der Waals surface area contributed by atoms with Gasteiger partial charge >= 0.3 is 0 Å². The van der Waals surface area contributed by atoms with Crippen molar-refractivity contribution in [2.75, 3.05) is 11.9 Å². The van der Waals surface area contributed by atoms with Crippen LogP contribution in [0.1, 0.15) is 12.5 Å². The van der Waals surface area contributed by atoms with Crippen molar-refractivity contribution in [1.82, 2.24) is 4.98 Å². The second-order valence-corrected chi connectivity index (χ2v) is 3.49. The first-order valence-corrected chi connectivity index (χ1v) is 4.50. The lowest BCUT2D eigenvalue weighted by Crippen LogP contribution is -2.42. The van der Waals surface area contributed by atoms with Gasteiger partial charge in [-0.15, -0.1) is 0 Å². The summed E-state index contributed by atoms with van der Waals surface area (Å²) in [6, 6.07) is 1.89. The topological polar surface area (TPSA) is 42.4 Å². The molecule has 1 aliphatic heterocycles. The van der Waals surface area contributed by atoms with Crippen LogP contribution < -0.4 is 9.64 Å². The minimum Gasteiger partial charge on any atom is -0.463 e. The number of carbonyl (C=O) groups excluding carboxylic acids is 1. The zero-order valence-corrected chi connectivity index (χ0v) is 8.44. The molecule has 0 N–H and O–H groups in total. The number of likely N-dealkylation sites (N-methyl/N-ethyl adjacent to an activating group) is 1. The Kier molecular flexibility index (Phi) is 1.91. The third-order valence-corrected chi connectivity index (χ3v) is 2.30. The summed E-state index contributed by atoms with van der Waals surface area (Å²) in [7, 11) is 1.74. The molecule has 1 aliphatic rings. The van der Waals surface area contributed by atoms with E-state index in [-0.39, 0.29) is 5.91 Å². The number of amides is 1. The molecule has 0 saturated heterocycles. The smallest absolute Gasteiger partial charge is 0.267 e. The molecular weight excluding hydrogens is 180 g/mol. The summed E-state index contributed by atoms with van der Waals surface area (Å²) >= 11 is 0. The molecule has 14 heavy (non-hydrogen) atoms. The third-order valence-electron chi connectivity index (χ3n) is 2.30. The summed E-state index contributed by atoms with van der Waals surface area (Å²) in [5, 5.41) is 0. The molecule has 74 valence electrons. The Hall–Kier alpha value is -1.58. The first-order valence-electron chi connectivity index (χ1n) is 4.50. The first-order chi connectivity index (χ1) is 6.59. The third kappa shape index (κ3) is 1.23. The van der Waals surface area contributed by atoms with Gasteiger partial charge < -0.3 is 9.64 Å². The molecular formula is C10H12N2O2. The molecule has 4 nitrogen and oxygen atoms in total. The number of pyridine rings is 1. The van der Waals surface area contributed by atoms with Gasteiger partial charge in [-0.2, -0.15) is 0 Å². The average molecular weight is 192 g/mol. The van der Waals surface area contributed by atoms with Gasteiger partial charge in [0.25, 0.3) is 5.91 Å². The molecule has 0 fully saturated rings. The number of fused-ring (bicyclic) bond motifs is 1. The molecule has 2 heterocycles. The van der Waals surface area contributed by atoms with Crippen molar-refractivity contribution < 1.29 is 9.53 Å². The second kappa shape index (κ2) is 2.97. The molecule has 2 rings (SSSR count). The Morgan fingerprint density at radius 1 is 1.57 bits per heavy atom. The molecule has 1 amide bonds. The predicted molar refractivity (Wildman–Crippen MR) is 52.5 cm³/mol. The van der Waals surface area contributed by atoms with Crippen LogP contribution in [-0.2, 0) is 4.79 Å². The molecule has 0 radical (unpaired) electrons. The first kappa shape index (κ1) is 8.99. The Balaban J connectivity index is 2.51. The zero-order valence-electron chi connectivity index (χ0n) is 8.44. The van der Waals surface area contributed by atoms with Crippen LogP contribution in [0.25, 0.3) is 0 Å². The Morgan fingerprint density at radius 2 is 2.29 bits per heavy atom. The minimum absolute atomic E-state index is 0.0371. The van der Waals surface area contributed by atoms with Crippen LogP contribution in [0.5, 0.6) is 5.88 Å². The van der Waals surface area contributed by atoms with E-state index >= 15 is 0 Å². The highest BCUT2D eigenvalue weighted by Gasteiger charge is 2.29. The van der Waals surface area contributed by atoms with Gasteiger partial charge in [-0.3, -0.25) is 4.79 Å². The number of nitrogens with zero attached hydrogens (tertiary/aromatic N) is 2. The van der Waals surface area contributed by atoms with Gasteiger partial charge in [0.2, 0.25) is 5.88 Å². The van der Waals surface area contributed by atoms with E-state index in [4.69, 9.17) is 4.74 Å². The van der Waals surface area contributed by atoms with E-state index in [2.05, 4.69) is 4.98 Å².